The van der Waals surface area contributed by atoms with Gasteiger partial charge >= 0.3 is 0 Å². The molecule has 1 unspecified atom stereocenters. The van der Waals surface area contributed by atoms with Gasteiger partial charge in [0.1, 0.15) is 0 Å². The molecule has 0 bridgehead atoms. The first-order valence-electron chi connectivity index (χ1n) is 7.23. The normalized spacial score (nSPS) is 12.6. The van der Waals surface area contributed by atoms with Crippen molar-refractivity contribution >= 4 is 11.8 Å². The Morgan fingerprint density at radius 3 is 2.55 bits per heavy atom. The lowest BCUT2D eigenvalue weighted by molar-refractivity contribution is 0.518. The number of benzene rings is 1. The monoisotopic (exact) mass is 289 g/mol. The van der Waals surface area contributed by atoms with Crippen molar-refractivity contribution in [3.05, 3.63) is 42.2 Å². The van der Waals surface area contributed by atoms with E-state index in [0.717, 1.165) is 18.1 Å². The van der Waals surface area contributed by atoms with Crippen LogP contribution in [0.5, 0.6) is 0 Å². The SMILES string of the molecule is CCCNC(CC)c1ccc(Sc2nccn2C)cc1. The van der Waals surface area contributed by atoms with E-state index in [4.69, 9.17) is 0 Å². The van der Waals surface area contributed by atoms with Crippen LogP contribution in [-0.4, -0.2) is 16.1 Å². The zero-order chi connectivity index (χ0) is 14.4. The molecule has 2 rings (SSSR count). The third-order valence-corrected chi connectivity index (χ3v) is 4.40. The maximum atomic E-state index is 4.34. The molecule has 0 amide bonds. The second-order valence-electron chi connectivity index (χ2n) is 4.91. The van der Waals surface area contributed by atoms with Crippen LogP contribution in [0.3, 0.4) is 0 Å². The van der Waals surface area contributed by atoms with E-state index in [1.54, 1.807) is 11.8 Å². The van der Waals surface area contributed by atoms with E-state index in [0.29, 0.717) is 6.04 Å². The van der Waals surface area contributed by atoms with Crippen LogP contribution in [0.25, 0.3) is 0 Å². The molecule has 0 aliphatic rings. The van der Waals surface area contributed by atoms with Gasteiger partial charge in [-0.05, 0) is 37.1 Å². The third kappa shape index (κ3) is 3.87. The van der Waals surface area contributed by atoms with E-state index in [-0.39, 0.29) is 0 Å². The summed E-state index contributed by atoms with van der Waals surface area (Å²) in [6.45, 7) is 5.50. The summed E-state index contributed by atoms with van der Waals surface area (Å²) in [5, 5.41) is 4.61. The smallest absolute Gasteiger partial charge is 0.172 e. The van der Waals surface area contributed by atoms with Crippen molar-refractivity contribution in [3.63, 3.8) is 0 Å². The number of hydrogen-bond acceptors (Lipinski definition) is 3. The molecule has 1 N–H and O–H groups in total. The second-order valence-corrected chi connectivity index (χ2v) is 5.95. The molecular weight excluding hydrogens is 266 g/mol. The van der Waals surface area contributed by atoms with Crippen LogP contribution in [0.4, 0.5) is 0 Å². The number of nitrogens with one attached hydrogen (secondary N) is 1. The Morgan fingerprint density at radius 1 is 1.25 bits per heavy atom. The van der Waals surface area contributed by atoms with Gasteiger partial charge in [-0.3, -0.25) is 0 Å². The van der Waals surface area contributed by atoms with Crippen molar-refractivity contribution in [2.45, 2.75) is 42.8 Å². The Morgan fingerprint density at radius 2 is 2.00 bits per heavy atom. The van der Waals surface area contributed by atoms with Crippen molar-refractivity contribution < 1.29 is 0 Å². The summed E-state index contributed by atoms with van der Waals surface area (Å²) in [5.74, 6) is 0. The van der Waals surface area contributed by atoms with Crippen molar-refractivity contribution in [1.29, 1.82) is 0 Å². The molecule has 2 aromatic rings. The Bertz CT molecular complexity index is 519. The predicted octanol–water partition coefficient (Wildman–Crippen LogP) is 4.02. The van der Waals surface area contributed by atoms with Gasteiger partial charge in [0.15, 0.2) is 5.16 Å². The molecule has 1 aromatic carbocycles. The van der Waals surface area contributed by atoms with Gasteiger partial charge < -0.3 is 9.88 Å². The first-order chi connectivity index (χ1) is 9.74. The molecule has 0 aliphatic heterocycles. The van der Waals surface area contributed by atoms with E-state index < -0.39 is 0 Å². The van der Waals surface area contributed by atoms with Gasteiger partial charge in [-0.15, -0.1) is 0 Å². The largest absolute Gasteiger partial charge is 0.329 e. The number of nitrogens with zero attached hydrogens (tertiary/aromatic N) is 2. The van der Waals surface area contributed by atoms with E-state index in [2.05, 4.69) is 48.4 Å². The summed E-state index contributed by atoms with van der Waals surface area (Å²) in [4.78, 5) is 5.57. The number of hydrogen-bond donors (Lipinski definition) is 1. The molecule has 108 valence electrons. The fourth-order valence-electron chi connectivity index (χ4n) is 2.14. The fraction of sp³-hybridized carbons (Fsp3) is 0.438. The third-order valence-electron chi connectivity index (χ3n) is 3.32. The molecule has 4 heteroatoms. The van der Waals surface area contributed by atoms with Crippen molar-refractivity contribution in [1.82, 2.24) is 14.9 Å². The van der Waals surface area contributed by atoms with E-state index >= 15 is 0 Å². The molecule has 20 heavy (non-hydrogen) atoms. The molecule has 0 aliphatic carbocycles. The molecule has 1 heterocycles. The lowest BCUT2D eigenvalue weighted by atomic mass is 10.0. The van der Waals surface area contributed by atoms with E-state index in [1.165, 1.54) is 16.9 Å². The van der Waals surface area contributed by atoms with Crippen molar-refractivity contribution in [2.75, 3.05) is 6.54 Å². The van der Waals surface area contributed by atoms with Crippen LogP contribution in [0.1, 0.15) is 38.3 Å². The Hall–Kier alpha value is -1.26. The van der Waals surface area contributed by atoms with Crippen molar-refractivity contribution in [3.8, 4) is 0 Å². The van der Waals surface area contributed by atoms with Crippen LogP contribution in [0, 0.1) is 0 Å². The zero-order valence-corrected chi connectivity index (χ0v) is 13.3. The van der Waals surface area contributed by atoms with Crippen molar-refractivity contribution in [2.24, 2.45) is 7.05 Å². The average Bonchev–Trinajstić information content (AvgIpc) is 2.87. The van der Waals surface area contributed by atoms with Gasteiger partial charge in [0.2, 0.25) is 0 Å². The molecule has 0 saturated heterocycles. The quantitative estimate of drug-likeness (QED) is 0.835. The second kappa shape index (κ2) is 7.50. The highest BCUT2D eigenvalue weighted by Gasteiger charge is 2.08. The molecule has 0 radical (unpaired) electrons. The van der Waals surface area contributed by atoms with E-state index in [9.17, 15) is 0 Å². The molecule has 1 atom stereocenters. The fourth-order valence-corrected chi connectivity index (χ4v) is 2.94. The lowest BCUT2D eigenvalue weighted by Gasteiger charge is -2.17. The molecular formula is C16H23N3S. The summed E-state index contributed by atoms with van der Waals surface area (Å²) in [6, 6.07) is 9.28. The number of imidazole rings is 1. The van der Waals surface area contributed by atoms with Gasteiger partial charge in [0.05, 0.1) is 0 Å². The van der Waals surface area contributed by atoms with Gasteiger partial charge in [-0.2, -0.15) is 0 Å². The van der Waals surface area contributed by atoms with Crippen LogP contribution in [0.2, 0.25) is 0 Å². The van der Waals surface area contributed by atoms with Gasteiger partial charge in [-0.1, -0.05) is 37.7 Å². The molecule has 0 spiro atoms. The Labute approximate surface area is 125 Å². The van der Waals surface area contributed by atoms with Gasteiger partial charge in [0.25, 0.3) is 0 Å². The molecule has 1 aromatic heterocycles. The van der Waals surface area contributed by atoms with Crippen LogP contribution in [0.15, 0.2) is 46.7 Å². The summed E-state index contributed by atoms with van der Waals surface area (Å²) in [6.07, 6.45) is 6.09. The maximum absolute atomic E-state index is 4.34. The minimum absolute atomic E-state index is 0.460. The zero-order valence-electron chi connectivity index (χ0n) is 12.5. The average molecular weight is 289 g/mol. The number of rotatable bonds is 7. The summed E-state index contributed by atoms with van der Waals surface area (Å²) in [7, 11) is 2.02. The minimum atomic E-state index is 0.460. The predicted molar refractivity (Wildman–Crippen MR) is 85.1 cm³/mol. The number of aromatic nitrogens is 2. The lowest BCUT2D eigenvalue weighted by Crippen LogP contribution is -2.21. The molecule has 0 fully saturated rings. The standard InChI is InChI=1S/C16H23N3S/c1-4-10-17-15(5-2)13-6-8-14(9-7-13)20-16-18-11-12-19(16)3/h6-9,11-12,15,17H,4-5,10H2,1-3H3. The van der Waals surface area contributed by atoms with Crippen LogP contribution >= 0.6 is 11.8 Å². The highest BCUT2D eigenvalue weighted by molar-refractivity contribution is 7.99. The Balaban J connectivity index is 2.03. The Kier molecular flexibility index (Phi) is 5.68. The first kappa shape index (κ1) is 15.1. The van der Waals surface area contributed by atoms with E-state index in [1.807, 2.05) is 24.0 Å². The first-order valence-corrected chi connectivity index (χ1v) is 8.04. The topological polar surface area (TPSA) is 29.9 Å². The number of aryl methyl sites for hydroxylation is 1. The summed E-state index contributed by atoms with van der Waals surface area (Å²) < 4.78 is 2.04. The maximum Gasteiger partial charge on any atom is 0.172 e. The molecule has 3 nitrogen and oxygen atoms in total. The van der Waals surface area contributed by atoms with Gasteiger partial charge in [-0.25, -0.2) is 4.98 Å². The summed E-state index contributed by atoms with van der Waals surface area (Å²) >= 11 is 1.70. The van der Waals surface area contributed by atoms with Gasteiger partial charge in [0, 0.05) is 30.4 Å². The van der Waals surface area contributed by atoms with Crippen LogP contribution < -0.4 is 5.32 Å². The highest BCUT2D eigenvalue weighted by Crippen LogP contribution is 2.27. The minimum Gasteiger partial charge on any atom is -0.329 e. The summed E-state index contributed by atoms with van der Waals surface area (Å²) in [5.41, 5.74) is 1.37. The van der Waals surface area contributed by atoms with Crippen LogP contribution in [-0.2, 0) is 7.05 Å². The highest BCUT2D eigenvalue weighted by atomic mass is 32.2. The molecule has 0 saturated carbocycles.